The van der Waals surface area contributed by atoms with Gasteiger partial charge in [0.2, 0.25) is 0 Å². The molecule has 2 rings (SSSR count). The lowest BCUT2D eigenvalue weighted by molar-refractivity contribution is 0.0973. The highest BCUT2D eigenvalue weighted by Crippen LogP contribution is 2.21. The van der Waals surface area contributed by atoms with Crippen molar-refractivity contribution >= 4 is 5.69 Å². The Balaban J connectivity index is 2.03. The third-order valence-electron chi connectivity index (χ3n) is 3.04. The number of nitrogens with zero attached hydrogens (tertiary/aromatic N) is 2. The Kier molecular flexibility index (Phi) is 3.18. The topological polar surface area (TPSA) is 62.4 Å². The number of aliphatic hydroxyl groups excluding tert-OH is 1. The van der Waals surface area contributed by atoms with Crippen molar-refractivity contribution in [1.29, 1.82) is 0 Å². The Bertz CT molecular complexity index is 304. The van der Waals surface area contributed by atoms with E-state index in [9.17, 15) is 5.11 Å². The Hall–Kier alpha value is -1.13. The van der Waals surface area contributed by atoms with Crippen LogP contribution in [0.4, 0.5) is 5.69 Å². The molecule has 3 N–H and O–H groups in total. The summed E-state index contributed by atoms with van der Waals surface area (Å²) in [4.78, 5) is 6.23. The summed E-state index contributed by atoms with van der Waals surface area (Å²) in [5.41, 5.74) is 6.66. The lowest BCUT2D eigenvalue weighted by atomic mass is 9.94. The van der Waals surface area contributed by atoms with Crippen LogP contribution in [0.5, 0.6) is 0 Å². The smallest absolute Gasteiger partial charge is 0.0755 e. The van der Waals surface area contributed by atoms with Crippen molar-refractivity contribution in [3.8, 4) is 0 Å². The maximum absolute atomic E-state index is 9.86. The molecule has 4 nitrogen and oxygen atoms in total. The van der Waals surface area contributed by atoms with Crippen LogP contribution < -0.4 is 10.6 Å². The number of piperidine rings is 1. The van der Waals surface area contributed by atoms with E-state index in [0.717, 1.165) is 18.7 Å². The van der Waals surface area contributed by atoms with Crippen LogP contribution in [0.2, 0.25) is 0 Å². The second-order valence-corrected chi connectivity index (χ2v) is 4.01. The zero-order valence-electron chi connectivity index (χ0n) is 8.71. The van der Waals surface area contributed by atoms with Crippen LogP contribution in [0.25, 0.3) is 0 Å². The van der Waals surface area contributed by atoms with Crippen LogP contribution in [0, 0.1) is 5.92 Å². The van der Waals surface area contributed by atoms with E-state index in [-0.39, 0.29) is 12.0 Å². The van der Waals surface area contributed by atoms with Gasteiger partial charge in [0, 0.05) is 25.2 Å². The fraction of sp³-hybridized carbons (Fsp3) is 0.545. The Labute approximate surface area is 89.7 Å². The summed E-state index contributed by atoms with van der Waals surface area (Å²) in [7, 11) is 0. The molecule has 1 aromatic heterocycles. The number of pyridine rings is 1. The summed E-state index contributed by atoms with van der Waals surface area (Å²) in [6, 6.07) is 3.93. The molecular formula is C11H17N3O. The molecule has 1 aliphatic heterocycles. The average molecular weight is 207 g/mol. The molecule has 1 aliphatic rings. The third kappa shape index (κ3) is 2.27. The Morgan fingerprint density at radius 3 is 3.07 bits per heavy atom. The van der Waals surface area contributed by atoms with Crippen molar-refractivity contribution in [2.75, 3.05) is 24.5 Å². The zero-order valence-corrected chi connectivity index (χ0v) is 8.71. The summed E-state index contributed by atoms with van der Waals surface area (Å²) in [6.07, 6.45) is 4.22. The molecule has 0 aliphatic carbocycles. The van der Waals surface area contributed by atoms with E-state index < -0.39 is 0 Å². The molecular weight excluding hydrogens is 190 g/mol. The number of nitrogens with two attached hydrogens (primary N) is 1. The molecule has 4 heteroatoms. The van der Waals surface area contributed by atoms with Crippen molar-refractivity contribution in [2.24, 2.45) is 11.7 Å². The first-order valence-electron chi connectivity index (χ1n) is 5.34. The van der Waals surface area contributed by atoms with Crippen LogP contribution in [0.15, 0.2) is 24.5 Å². The number of hydrogen-bond acceptors (Lipinski definition) is 4. The molecule has 2 atom stereocenters. The van der Waals surface area contributed by atoms with Gasteiger partial charge in [0.05, 0.1) is 18.0 Å². The highest BCUT2D eigenvalue weighted by molar-refractivity contribution is 5.44. The molecule has 15 heavy (non-hydrogen) atoms. The first-order valence-corrected chi connectivity index (χ1v) is 5.34. The van der Waals surface area contributed by atoms with Crippen LogP contribution in [0.3, 0.4) is 0 Å². The predicted molar refractivity (Wildman–Crippen MR) is 59.6 cm³/mol. The molecule has 82 valence electrons. The fourth-order valence-electron chi connectivity index (χ4n) is 2.03. The second kappa shape index (κ2) is 4.59. The zero-order chi connectivity index (χ0) is 10.7. The molecule has 0 aromatic carbocycles. The normalized spacial score (nSPS) is 26.7. The minimum absolute atomic E-state index is 0.248. The van der Waals surface area contributed by atoms with E-state index in [4.69, 9.17) is 5.73 Å². The van der Waals surface area contributed by atoms with Gasteiger partial charge in [0.1, 0.15) is 0 Å². The SMILES string of the molecule is NCC1CCN(c2cccnc2)CC1O. The predicted octanol–water partition coefficient (Wildman–Crippen LogP) is 0.228. The van der Waals surface area contributed by atoms with Crippen LogP contribution in [-0.4, -0.2) is 35.8 Å². The summed E-state index contributed by atoms with van der Waals surface area (Å²) in [5, 5.41) is 9.86. The lowest BCUT2D eigenvalue weighted by Crippen LogP contribution is -2.46. The molecule has 2 unspecified atom stereocenters. The molecule has 0 radical (unpaired) electrons. The second-order valence-electron chi connectivity index (χ2n) is 4.01. The first-order chi connectivity index (χ1) is 7.31. The van der Waals surface area contributed by atoms with E-state index in [1.807, 2.05) is 18.3 Å². The van der Waals surface area contributed by atoms with Gasteiger partial charge in [-0.3, -0.25) is 4.98 Å². The molecule has 0 bridgehead atoms. The maximum atomic E-state index is 9.86. The van der Waals surface area contributed by atoms with Gasteiger partial charge in [-0.25, -0.2) is 0 Å². The van der Waals surface area contributed by atoms with Crippen molar-refractivity contribution in [2.45, 2.75) is 12.5 Å². The van der Waals surface area contributed by atoms with Gasteiger partial charge < -0.3 is 15.7 Å². The Morgan fingerprint density at radius 1 is 1.60 bits per heavy atom. The van der Waals surface area contributed by atoms with E-state index in [2.05, 4.69) is 9.88 Å². The molecule has 2 heterocycles. The maximum Gasteiger partial charge on any atom is 0.0755 e. The summed E-state index contributed by atoms with van der Waals surface area (Å²) >= 11 is 0. The number of aromatic nitrogens is 1. The van der Waals surface area contributed by atoms with Gasteiger partial charge >= 0.3 is 0 Å². The van der Waals surface area contributed by atoms with Gasteiger partial charge in [-0.05, 0) is 25.1 Å². The molecule has 1 saturated heterocycles. The summed E-state index contributed by atoms with van der Waals surface area (Å²) in [5.74, 6) is 0.248. The largest absolute Gasteiger partial charge is 0.391 e. The van der Waals surface area contributed by atoms with Gasteiger partial charge in [0.15, 0.2) is 0 Å². The van der Waals surface area contributed by atoms with E-state index in [1.165, 1.54) is 0 Å². The number of aliphatic hydroxyl groups is 1. The molecule has 0 spiro atoms. The van der Waals surface area contributed by atoms with Crippen LogP contribution >= 0.6 is 0 Å². The van der Waals surface area contributed by atoms with Gasteiger partial charge in [-0.2, -0.15) is 0 Å². The van der Waals surface area contributed by atoms with Crippen molar-refractivity contribution < 1.29 is 5.11 Å². The van der Waals surface area contributed by atoms with E-state index in [0.29, 0.717) is 13.1 Å². The quantitative estimate of drug-likeness (QED) is 0.728. The van der Waals surface area contributed by atoms with Crippen LogP contribution in [0.1, 0.15) is 6.42 Å². The first kappa shape index (κ1) is 10.4. The van der Waals surface area contributed by atoms with Crippen LogP contribution in [-0.2, 0) is 0 Å². The van der Waals surface area contributed by atoms with E-state index >= 15 is 0 Å². The number of rotatable bonds is 2. The molecule has 0 amide bonds. The van der Waals surface area contributed by atoms with Crippen molar-refractivity contribution in [3.05, 3.63) is 24.5 Å². The minimum atomic E-state index is -0.316. The standard InChI is InChI=1S/C11H17N3O/c12-6-9-3-5-14(8-11(9)15)10-2-1-4-13-7-10/h1-2,4,7,9,11,15H,3,5-6,8,12H2. The number of anilines is 1. The highest BCUT2D eigenvalue weighted by atomic mass is 16.3. The monoisotopic (exact) mass is 207 g/mol. The molecule has 0 saturated carbocycles. The van der Waals surface area contributed by atoms with Gasteiger partial charge in [0.25, 0.3) is 0 Å². The number of hydrogen-bond donors (Lipinski definition) is 2. The highest BCUT2D eigenvalue weighted by Gasteiger charge is 2.26. The molecule has 1 fully saturated rings. The van der Waals surface area contributed by atoms with E-state index in [1.54, 1.807) is 6.20 Å². The molecule has 1 aromatic rings. The minimum Gasteiger partial charge on any atom is -0.391 e. The van der Waals surface area contributed by atoms with Crippen molar-refractivity contribution in [3.63, 3.8) is 0 Å². The average Bonchev–Trinajstić information content (AvgIpc) is 2.30. The summed E-state index contributed by atoms with van der Waals surface area (Å²) < 4.78 is 0. The van der Waals surface area contributed by atoms with Crippen molar-refractivity contribution in [1.82, 2.24) is 4.98 Å². The number of β-amino-alcohol motifs (C(OH)–C–C–N with tert-alkyl or cyclic N) is 1. The lowest BCUT2D eigenvalue weighted by Gasteiger charge is -2.36. The summed E-state index contributed by atoms with van der Waals surface area (Å²) in [6.45, 7) is 2.18. The fourth-order valence-corrected chi connectivity index (χ4v) is 2.03. The third-order valence-corrected chi connectivity index (χ3v) is 3.04. The van der Waals surface area contributed by atoms with Gasteiger partial charge in [-0.15, -0.1) is 0 Å². The Morgan fingerprint density at radius 2 is 2.47 bits per heavy atom. The van der Waals surface area contributed by atoms with Gasteiger partial charge in [-0.1, -0.05) is 0 Å².